The van der Waals surface area contributed by atoms with Gasteiger partial charge in [-0.15, -0.1) is 0 Å². The Kier molecular flexibility index (Phi) is 8.47. The fourth-order valence-corrected chi connectivity index (χ4v) is 4.40. The lowest BCUT2D eigenvalue weighted by molar-refractivity contribution is -0.117. The molecule has 0 aromatic heterocycles. The van der Waals surface area contributed by atoms with Gasteiger partial charge in [-0.2, -0.15) is 0 Å². The van der Waals surface area contributed by atoms with E-state index in [-0.39, 0.29) is 18.4 Å². The molecule has 2 unspecified atom stereocenters. The van der Waals surface area contributed by atoms with E-state index in [1.807, 2.05) is 13.8 Å². The fourth-order valence-electron chi connectivity index (χ4n) is 3.06. The third-order valence-corrected chi connectivity index (χ3v) is 6.26. The quantitative estimate of drug-likeness (QED) is 0.583. The summed E-state index contributed by atoms with van der Waals surface area (Å²) in [6.45, 7) is 5.57. The predicted molar refractivity (Wildman–Crippen MR) is 125 cm³/mol. The molecule has 0 aliphatic carbocycles. The smallest absolute Gasteiger partial charge is 0.253 e. The highest BCUT2D eigenvalue weighted by atomic mass is 35.5. The third-order valence-electron chi connectivity index (χ3n) is 4.83. The lowest BCUT2D eigenvalue weighted by Crippen LogP contribution is -2.47. The number of amides is 2. The summed E-state index contributed by atoms with van der Waals surface area (Å²) in [5.41, 5.74) is 0.955. The van der Waals surface area contributed by atoms with Crippen LogP contribution >= 0.6 is 11.6 Å². The molecule has 2 aromatic carbocycles. The number of hydrogen-bond acceptors (Lipinski definition) is 4. The van der Waals surface area contributed by atoms with Gasteiger partial charge in [0.1, 0.15) is 6.04 Å². The molecule has 9 heteroatoms. The molecule has 2 aromatic rings. The van der Waals surface area contributed by atoms with E-state index in [0.717, 1.165) is 17.0 Å². The first-order chi connectivity index (χ1) is 14.6. The number of benzene rings is 2. The van der Waals surface area contributed by atoms with Crippen molar-refractivity contribution in [3.8, 4) is 0 Å². The van der Waals surface area contributed by atoms with E-state index in [0.29, 0.717) is 22.0 Å². The molecule has 0 spiro atoms. The first-order valence-electron chi connectivity index (χ1n) is 10.0. The van der Waals surface area contributed by atoms with Crippen LogP contribution in [0, 0.1) is 0 Å². The van der Waals surface area contributed by atoms with E-state index in [1.54, 1.807) is 55.5 Å². The minimum atomic E-state index is -3.78. The van der Waals surface area contributed by atoms with Gasteiger partial charge in [-0.3, -0.25) is 13.9 Å². The van der Waals surface area contributed by atoms with Gasteiger partial charge in [-0.25, -0.2) is 8.42 Å². The van der Waals surface area contributed by atoms with E-state index in [2.05, 4.69) is 10.6 Å². The van der Waals surface area contributed by atoms with Gasteiger partial charge in [0, 0.05) is 11.1 Å². The maximum atomic E-state index is 13.2. The molecule has 0 aliphatic rings. The third kappa shape index (κ3) is 6.45. The maximum absolute atomic E-state index is 13.2. The van der Waals surface area contributed by atoms with Crippen molar-refractivity contribution in [1.82, 2.24) is 5.32 Å². The maximum Gasteiger partial charge on any atom is 0.253 e. The lowest BCUT2D eigenvalue weighted by atomic mass is 10.1. The molecule has 31 heavy (non-hydrogen) atoms. The number of sulfonamides is 1. The van der Waals surface area contributed by atoms with Crippen molar-refractivity contribution in [2.45, 2.75) is 45.7 Å². The standard InChI is InChI=1S/C22H28ClN3O4S/c1-5-15(3)24-21(27)18-9-7-8-10-19(18)25-22(28)20(6-2)26(31(4,29)30)17-13-11-16(23)12-14-17/h7-15,20H,5-6H2,1-4H3,(H,24,27)(H,25,28). The van der Waals surface area contributed by atoms with Gasteiger partial charge in [-0.1, -0.05) is 37.6 Å². The van der Waals surface area contributed by atoms with E-state index in [9.17, 15) is 18.0 Å². The van der Waals surface area contributed by atoms with E-state index in [1.165, 1.54) is 0 Å². The average Bonchev–Trinajstić information content (AvgIpc) is 2.72. The Balaban J connectivity index is 2.36. The Bertz CT molecular complexity index is 1030. The highest BCUT2D eigenvalue weighted by molar-refractivity contribution is 7.92. The summed E-state index contributed by atoms with van der Waals surface area (Å²) >= 11 is 5.92. The van der Waals surface area contributed by atoms with Crippen LogP contribution < -0.4 is 14.9 Å². The molecule has 168 valence electrons. The van der Waals surface area contributed by atoms with Crippen LogP contribution in [-0.2, 0) is 14.8 Å². The molecule has 2 N–H and O–H groups in total. The van der Waals surface area contributed by atoms with Crippen molar-refractivity contribution in [2.75, 3.05) is 15.9 Å². The summed E-state index contributed by atoms with van der Waals surface area (Å²) in [6.07, 6.45) is 2.04. The highest BCUT2D eigenvalue weighted by Crippen LogP contribution is 2.25. The Morgan fingerprint density at radius 1 is 1.03 bits per heavy atom. The summed E-state index contributed by atoms with van der Waals surface area (Å²) in [7, 11) is -3.78. The molecule has 0 radical (unpaired) electrons. The van der Waals surface area contributed by atoms with Gasteiger partial charge in [0.25, 0.3) is 5.91 Å². The molecule has 0 aliphatic heterocycles. The first-order valence-corrected chi connectivity index (χ1v) is 12.3. The number of carbonyl (C=O) groups excluding carboxylic acids is 2. The second-order valence-electron chi connectivity index (χ2n) is 7.28. The zero-order chi connectivity index (χ0) is 23.2. The number of nitrogens with zero attached hydrogens (tertiary/aromatic N) is 1. The molecular weight excluding hydrogens is 438 g/mol. The van der Waals surface area contributed by atoms with Crippen molar-refractivity contribution in [3.05, 3.63) is 59.1 Å². The largest absolute Gasteiger partial charge is 0.350 e. The molecule has 2 atom stereocenters. The van der Waals surface area contributed by atoms with Gasteiger partial charge in [0.2, 0.25) is 15.9 Å². The van der Waals surface area contributed by atoms with Gasteiger partial charge in [0.05, 0.1) is 23.2 Å². The minimum Gasteiger partial charge on any atom is -0.350 e. The fraction of sp³-hybridized carbons (Fsp3) is 0.364. The van der Waals surface area contributed by atoms with Crippen LogP contribution in [0.1, 0.15) is 44.0 Å². The molecule has 0 bridgehead atoms. The number of carbonyl (C=O) groups is 2. The van der Waals surface area contributed by atoms with Crippen molar-refractivity contribution < 1.29 is 18.0 Å². The van der Waals surface area contributed by atoms with Crippen molar-refractivity contribution in [2.24, 2.45) is 0 Å². The molecule has 0 saturated carbocycles. The zero-order valence-electron chi connectivity index (χ0n) is 18.1. The van der Waals surface area contributed by atoms with Crippen molar-refractivity contribution in [1.29, 1.82) is 0 Å². The van der Waals surface area contributed by atoms with Gasteiger partial charge in [-0.05, 0) is 56.2 Å². The number of para-hydroxylation sites is 1. The number of rotatable bonds is 9. The molecule has 7 nitrogen and oxygen atoms in total. The van der Waals surface area contributed by atoms with Gasteiger partial charge in [0.15, 0.2) is 0 Å². The molecule has 0 heterocycles. The second kappa shape index (κ2) is 10.6. The Morgan fingerprint density at radius 3 is 2.19 bits per heavy atom. The van der Waals surface area contributed by atoms with Gasteiger partial charge < -0.3 is 10.6 Å². The number of halogens is 1. The number of nitrogens with one attached hydrogen (secondary N) is 2. The second-order valence-corrected chi connectivity index (χ2v) is 9.57. The summed E-state index contributed by atoms with van der Waals surface area (Å²) in [4.78, 5) is 25.8. The first kappa shape index (κ1) is 24.7. The summed E-state index contributed by atoms with van der Waals surface area (Å²) in [5.74, 6) is -0.845. The van der Waals surface area contributed by atoms with Crippen LogP contribution in [0.2, 0.25) is 5.02 Å². The van der Waals surface area contributed by atoms with Crippen LogP contribution in [0.15, 0.2) is 48.5 Å². The molecule has 0 saturated heterocycles. The SMILES string of the molecule is CCC(C)NC(=O)c1ccccc1NC(=O)C(CC)N(c1ccc(Cl)cc1)S(C)(=O)=O. The monoisotopic (exact) mass is 465 g/mol. The predicted octanol–water partition coefficient (Wildman–Crippen LogP) is 4.05. The van der Waals surface area contributed by atoms with E-state index in [4.69, 9.17) is 11.6 Å². The average molecular weight is 466 g/mol. The normalized spacial score (nSPS) is 13.2. The topological polar surface area (TPSA) is 95.6 Å². The summed E-state index contributed by atoms with van der Waals surface area (Å²) in [6, 6.07) is 11.8. The zero-order valence-corrected chi connectivity index (χ0v) is 19.6. The molecular formula is C22H28ClN3O4S. The van der Waals surface area contributed by atoms with E-state index >= 15 is 0 Å². The van der Waals surface area contributed by atoms with Gasteiger partial charge >= 0.3 is 0 Å². The summed E-state index contributed by atoms with van der Waals surface area (Å²) < 4.78 is 26.2. The summed E-state index contributed by atoms with van der Waals surface area (Å²) in [5, 5.41) is 6.06. The van der Waals surface area contributed by atoms with Crippen molar-refractivity contribution >= 4 is 44.8 Å². The van der Waals surface area contributed by atoms with Crippen LogP contribution in [0.5, 0.6) is 0 Å². The number of anilines is 2. The van der Waals surface area contributed by atoms with Crippen LogP contribution in [-0.4, -0.2) is 38.6 Å². The van der Waals surface area contributed by atoms with Crippen LogP contribution in [0.4, 0.5) is 11.4 Å². The minimum absolute atomic E-state index is 0.0229. The van der Waals surface area contributed by atoms with E-state index < -0.39 is 22.0 Å². The Labute approximate surface area is 188 Å². The molecule has 0 fully saturated rings. The lowest BCUT2D eigenvalue weighted by Gasteiger charge is -2.30. The van der Waals surface area contributed by atoms with Crippen LogP contribution in [0.3, 0.4) is 0 Å². The highest BCUT2D eigenvalue weighted by Gasteiger charge is 2.32. The molecule has 2 amide bonds. The van der Waals surface area contributed by atoms with Crippen molar-refractivity contribution in [3.63, 3.8) is 0 Å². The van der Waals surface area contributed by atoms with Crippen LogP contribution in [0.25, 0.3) is 0 Å². The number of hydrogen-bond donors (Lipinski definition) is 2. The Morgan fingerprint density at radius 2 is 1.65 bits per heavy atom. The Hall–Kier alpha value is -2.58. The molecule has 2 rings (SSSR count).